The Hall–Kier alpha value is -5.07. The van der Waals surface area contributed by atoms with Crippen molar-refractivity contribution in [3.05, 3.63) is 43.8 Å². The third kappa shape index (κ3) is 12.4. The molecule has 4 saturated carbocycles. The average Bonchev–Trinajstić information content (AvgIpc) is 4.16. The third-order valence-electron chi connectivity index (χ3n) is 18.4. The number of imide groups is 1. The summed E-state index contributed by atoms with van der Waals surface area (Å²) in [4.78, 5) is 102. The molecule has 77 heavy (non-hydrogen) atoms. The molecule has 1 spiro atoms. The lowest BCUT2D eigenvalue weighted by molar-refractivity contribution is -0.133. The predicted molar refractivity (Wildman–Crippen MR) is 298 cm³/mol. The molecule has 16 nitrogen and oxygen atoms in total. The zero-order valence-corrected chi connectivity index (χ0v) is 47.4. The van der Waals surface area contributed by atoms with Crippen molar-refractivity contribution in [1.82, 2.24) is 14.7 Å². The van der Waals surface area contributed by atoms with Gasteiger partial charge in [-0.25, -0.2) is 19.2 Å². The van der Waals surface area contributed by atoms with Gasteiger partial charge in [-0.05, 0) is 189 Å². The zero-order valence-electron chi connectivity index (χ0n) is 45.8. The fourth-order valence-electron chi connectivity index (χ4n) is 13.5. The molecule has 2 aromatic heterocycles. The van der Waals surface area contributed by atoms with Gasteiger partial charge in [-0.2, -0.15) is 0 Å². The summed E-state index contributed by atoms with van der Waals surface area (Å²) >= 11 is 2.58. The Labute approximate surface area is 462 Å². The van der Waals surface area contributed by atoms with Crippen molar-refractivity contribution < 1.29 is 53.2 Å². The number of carbonyl (C=O) groups excluding carboxylic acids is 5. The molecule has 4 heterocycles. The summed E-state index contributed by atoms with van der Waals surface area (Å²) in [5, 5.41) is 20.4. The first-order chi connectivity index (χ1) is 37.0. The highest BCUT2D eigenvalue weighted by Gasteiger charge is 2.56. The van der Waals surface area contributed by atoms with E-state index in [4.69, 9.17) is 9.47 Å². The number of carbonyl (C=O) groups is 7. The van der Waals surface area contributed by atoms with Gasteiger partial charge >= 0.3 is 24.1 Å². The second kappa shape index (κ2) is 24.9. The highest BCUT2D eigenvalue weighted by molar-refractivity contribution is 7.16. The lowest BCUT2D eigenvalue weighted by Crippen LogP contribution is -2.55. The Kier molecular flexibility index (Phi) is 18.3. The van der Waals surface area contributed by atoms with Gasteiger partial charge in [0, 0.05) is 60.9 Å². The van der Waals surface area contributed by atoms with Gasteiger partial charge in [-0.15, -0.1) is 22.7 Å². The van der Waals surface area contributed by atoms with Gasteiger partial charge in [0.25, 0.3) is 5.91 Å². The average molecular weight is 1100 g/mol. The molecule has 0 atom stereocenters. The summed E-state index contributed by atoms with van der Waals surface area (Å²) in [5.74, 6) is -1.05. The van der Waals surface area contributed by atoms with Crippen molar-refractivity contribution in [3.63, 3.8) is 0 Å². The van der Waals surface area contributed by atoms with Crippen molar-refractivity contribution in [2.75, 3.05) is 50.2 Å². The molecule has 420 valence electrons. The minimum atomic E-state index is -1.01. The molecule has 8 aliphatic rings. The monoisotopic (exact) mass is 1100 g/mol. The van der Waals surface area contributed by atoms with Crippen LogP contribution in [0.3, 0.4) is 0 Å². The van der Waals surface area contributed by atoms with E-state index in [1.165, 1.54) is 45.8 Å². The lowest BCUT2D eigenvalue weighted by Gasteiger charge is -2.43. The normalized spacial score (nSPS) is 29.0. The van der Waals surface area contributed by atoms with Crippen LogP contribution >= 0.6 is 22.7 Å². The molecule has 0 radical (unpaired) electrons. The van der Waals surface area contributed by atoms with E-state index in [1.807, 2.05) is 17.0 Å². The minimum absolute atomic E-state index is 0.0154. The number of amides is 6. The third-order valence-corrected chi connectivity index (χ3v) is 20.7. The molecule has 0 bridgehead atoms. The number of carboxylic acid groups (broad SMARTS) is 2. The van der Waals surface area contributed by atoms with Crippen LogP contribution in [0, 0.1) is 23.7 Å². The molecule has 2 N–H and O–H groups in total. The van der Waals surface area contributed by atoms with Crippen LogP contribution in [0.1, 0.15) is 197 Å². The van der Waals surface area contributed by atoms with Gasteiger partial charge in [-0.3, -0.25) is 19.3 Å². The fraction of sp³-hybridized carbons (Fsp3) is 0.678. The summed E-state index contributed by atoms with van der Waals surface area (Å²) in [7, 11) is 3.20. The lowest BCUT2D eigenvalue weighted by atomic mass is 9.77. The van der Waals surface area contributed by atoms with E-state index >= 15 is 0 Å². The molecule has 6 amide bonds. The van der Waals surface area contributed by atoms with Crippen molar-refractivity contribution in [2.24, 2.45) is 23.7 Å². The molecule has 18 heteroatoms. The van der Waals surface area contributed by atoms with Crippen LogP contribution in [0.25, 0.3) is 11.1 Å². The molecule has 0 unspecified atom stereocenters. The summed E-state index contributed by atoms with van der Waals surface area (Å²) in [5.41, 5.74) is 2.58. The maximum atomic E-state index is 14.2. The number of nitrogens with zero attached hydrogens (tertiary/aromatic N) is 5. The van der Waals surface area contributed by atoms with Crippen LogP contribution in [-0.4, -0.2) is 131 Å². The number of ether oxygens (including phenoxy) is 2. The van der Waals surface area contributed by atoms with Crippen LogP contribution in [-0.2, 0) is 23.9 Å². The minimum Gasteiger partial charge on any atom is -0.477 e. The summed E-state index contributed by atoms with van der Waals surface area (Å²) in [6, 6.07) is 3.29. The maximum absolute atomic E-state index is 14.2. The van der Waals surface area contributed by atoms with Gasteiger partial charge < -0.3 is 39.3 Å². The van der Waals surface area contributed by atoms with Crippen LogP contribution < -0.4 is 9.80 Å². The van der Waals surface area contributed by atoms with Crippen molar-refractivity contribution >= 4 is 87.0 Å². The summed E-state index contributed by atoms with van der Waals surface area (Å²) in [6.07, 6.45) is 24.4. The number of morpholine rings is 1. The number of hydrogen-bond donors (Lipinski definition) is 2. The molecule has 0 aromatic carbocycles. The quantitative estimate of drug-likeness (QED) is 0.203. The molecule has 2 saturated heterocycles. The van der Waals surface area contributed by atoms with Gasteiger partial charge in [0.1, 0.15) is 21.4 Å². The zero-order chi connectivity index (χ0) is 54.5. The highest BCUT2D eigenvalue weighted by atomic mass is 32.1. The Balaban J connectivity index is 0.000000188. The summed E-state index contributed by atoms with van der Waals surface area (Å²) in [6.45, 7) is 6.62. The molecule has 2 aromatic rings. The first-order valence-electron chi connectivity index (χ1n) is 28.9. The molecule has 6 aliphatic carbocycles. The number of likely N-dealkylation sites (N-methyl/N-ethyl adjacent to an activating group) is 2. The first kappa shape index (κ1) is 56.6. The van der Waals surface area contributed by atoms with Crippen LogP contribution in [0.5, 0.6) is 0 Å². The number of hydrogen-bond acceptors (Lipinski definition) is 11. The number of rotatable bonds is 11. The molecular formula is C59H81N5O11S2. The number of anilines is 2. The van der Waals surface area contributed by atoms with Crippen LogP contribution in [0.4, 0.5) is 21.0 Å². The van der Waals surface area contributed by atoms with Gasteiger partial charge in [0.2, 0.25) is 11.8 Å². The molecule has 10 rings (SSSR count). The fourth-order valence-corrected chi connectivity index (χ4v) is 15.6. The van der Waals surface area contributed by atoms with E-state index in [-0.39, 0.29) is 69.6 Å². The van der Waals surface area contributed by atoms with Crippen molar-refractivity contribution in [1.29, 1.82) is 0 Å². The Morgan fingerprint density at radius 1 is 0.636 bits per heavy atom. The largest absolute Gasteiger partial charge is 0.477 e. The van der Waals surface area contributed by atoms with Crippen LogP contribution in [0.2, 0.25) is 0 Å². The standard InChI is InChI=1S/C30H42N2O6S.C29H39N3O5S/c1-20-7-9-22(10-8-20)28(33)32(25-19-26(39-27(25)29(34)35)21-5-3-2-4-6-21)23-11-13-24(14-12-23)38-30(36)31-15-17-37-18-16-31;1-18-9-11-20(12-10-18)25(33)32(21-13-15-29(16-14-21)27(36)30(2)28(37)31(29)3)22-17-23(38-24(22)26(34)35)19-7-5-4-6-8-19/h5,19-20,22-24H,2-4,6-18H2,1H3,(H,34,35);7,17-18,20-21H,4-6,8-16H2,1-3H3,(H,34,35)/t20-,22-,23?,24?;18-,20-,21?,29?. The SMILES string of the molecule is CN1C(=O)N(C)C2(CCC(N(c3cc(C4=CCCCC4)sc3C(=O)O)C(=O)[C@H]3CC[C@H](C)CC3)CC2)C1=O.C[C@H]1CC[C@H](C(=O)N(c2cc(C3=CCCCC3)sc2C(=O)O)C2CCC(OC(=O)N3CCOCC3)CC2)CC1. The second-order valence-electron chi connectivity index (χ2n) is 23.4. The van der Waals surface area contributed by atoms with E-state index in [0.29, 0.717) is 101 Å². The Morgan fingerprint density at radius 2 is 1.09 bits per heavy atom. The first-order valence-corrected chi connectivity index (χ1v) is 30.6. The number of aromatic carboxylic acids is 2. The molecule has 2 aliphatic heterocycles. The second-order valence-corrected chi connectivity index (χ2v) is 25.5. The highest BCUT2D eigenvalue weighted by Crippen LogP contribution is 2.47. The predicted octanol–water partition coefficient (Wildman–Crippen LogP) is 12.1. The van der Waals surface area contributed by atoms with Gasteiger partial charge in [0.15, 0.2) is 0 Å². The number of allylic oxidation sites excluding steroid dienone is 4. The van der Waals surface area contributed by atoms with E-state index in [2.05, 4.69) is 26.0 Å². The van der Waals surface area contributed by atoms with Crippen molar-refractivity contribution in [2.45, 2.75) is 192 Å². The van der Waals surface area contributed by atoms with E-state index < -0.39 is 17.5 Å². The number of thiophene rings is 2. The smallest absolute Gasteiger partial charge is 0.410 e. The van der Waals surface area contributed by atoms with Gasteiger partial charge in [-0.1, -0.05) is 26.0 Å². The van der Waals surface area contributed by atoms with Gasteiger partial charge in [0.05, 0.1) is 24.6 Å². The van der Waals surface area contributed by atoms with Crippen molar-refractivity contribution in [3.8, 4) is 0 Å². The topological polar surface area (TPSA) is 195 Å². The number of urea groups is 1. The summed E-state index contributed by atoms with van der Waals surface area (Å²) < 4.78 is 11.2. The van der Waals surface area contributed by atoms with E-state index in [1.54, 1.807) is 21.7 Å². The Morgan fingerprint density at radius 3 is 1.49 bits per heavy atom. The molecule has 6 fully saturated rings. The molecular weight excluding hydrogens is 1020 g/mol. The Bertz CT molecular complexity index is 2570. The number of carboxylic acids is 2. The van der Waals surface area contributed by atoms with E-state index in [9.17, 15) is 43.8 Å². The van der Waals surface area contributed by atoms with E-state index in [0.717, 1.165) is 112 Å². The maximum Gasteiger partial charge on any atom is 0.410 e. The van der Waals surface area contributed by atoms with Crippen LogP contribution in [0.15, 0.2) is 24.3 Å².